The molecule has 3 rings (SSSR count). The summed E-state index contributed by atoms with van der Waals surface area (Å²) in [4.78, 5) is 6.94. The van der Waals surface area contributed by atoms with E-state index in [2.05, 4.69) is 61.4 Å². The van der Waals surface area contributed by atoms with Crippen LogP contribution in [0.15, 0.2) is 55.1 Å². The van der Waals surface area contributed by atoms with Crippen molar-refractivity contribution >= 4 is 17.3 Å². The predicted octanol–water partition coefficient (Wildman–Crippen LogP) is 5.32. The number of halogens is 1. The van der Waals surface area contributed by atoms with Gasteiger partial charge in [-0.25, -0.2) is 4.98 Å². The second kappa shape index (κ2) is 8.01. The quantitative estimate of drug-likeness (QED) is 0.577. The van der Waals surface area contributed by atoms with Gasteiger partial charge in [-0.05, 0) is 37.1 Å². The number of hydrogen-bond donors (Lipinski definition) is 0. The van der Waals surface area contributed by atoms with Crippen molar-refractivity contribution in [2.24, 2.45) is 0 Å². The van der Waals surface area contributed by atoms with E-state index in [9.17, 15) is 0 Å². The van der Waals surface area contributed by atoms with Crippen molar-refractivity contribution in [3.63, 3.8) is 0 Å². The number of benzene rings is 2. The first-order valence-electron chi connectivity index (χ1n) is 9.07. The van der Waals surface area contributed by atoms with E-state index < -0.39 is 0 Å². The molecule has 0 saturated heterocycles. The molecule has 1 heterocycles. The molecule has 0 bridgehead atoms. The predicted molar refractivity (Wildman–Crippen MR) is 114 cm³/mol. The van der Waals surface area contributed by atoms with E-state index in [-0.39, 0.29) is 0 Å². The van der Waals surface area contributed by atoms with Crippen LogP contribution in [0.25, 0.3) is 5.70 Å². The van der Waals surface area contributed by atoms with Crippen molar-refractivity contribution in [1.82, 2.24) is 14.5 Å². The van der Waals surface area contributed by atoms with Crippen LogP contribution in [-0.4, -0.2) is 28.5 Å². The van der Waals surface area contributed by atoms with E-state index in [4.69, 9.17) is 16.6 Å². The molecule has 0 unspecified atom stereocenters. The zero-order chi connectivity index (χ0) is 19.6. The molecule has 0 saturated carbocycles. The van der Waals surface area contributed by atoms with E-state index in [1.54, 1.807) is 0 Å². The summed E-state index contributed by atoms with van der Waals surface area (Å²) in [5, 5.41) is 0.749. The fraction of sp³-hybridized carbons (Fsp3) is 0.261. The maximum Gasteiger partial charge on any atom is 0.114 e. The smallest absolute Gasteiger partial charge is 0.114 e. The van der Waals surface area contributed by atoms with Crippen LogP contribution in [-0.2, 0) is 13.0 Å². The fourth-order valence-electron chi connectivity index (χ4n) is 3.29. The number of nitrogens with zero attached hydrogens (tertiary/aromatic N) is 3. The zero-order valence-electron chi connectivity index (χ0n) is 16.5. The Kier molecular flexibility index (Phi) is 5.71. The van der Waals surface area contributed by atoms with Crippen LogP contribution < -0.4 is 0 Å². The second-order valence-electron chi connectivity index (χ2n) is 7.18. The molecule has 0 radical (unpaired) electrons. The molecule has 0 aliphatic rings. The normalized spacial score (nSPS) is 10.9. The van der Waals surface area contributed by atoms with Gasteiger partial charge in [-0.2, -0.15) is 0 Å². The molecule has 2 aromatic carbocycles. The Morgan fingerprint density at radius 1 is 1.07 bits per heavy atom. The van der Waals surface area contributed by atoms with E-state index in [1.165, 1.54) is 16.7 Å². The minimum absolute atomic E-state index is 0.737. The number of aryl methyl sites for hydroxylation is 2. The van der Waals surface area contributed by atoms with Crippen LogP contribution in [0, 0.1) is 13.8 Å². The molecule has 1 aromatic heterocycles. The van der Waals surface area contributed by atoms with Crippen molar-refractivity contribution in [3.05, 3.63) is 94.0 Å². The average molecular weight is 380 g/mol. The van der Waals surface area contributed by atoms with Gasteiger partial charge in [0.15, 0.2) is 0 Å². The van der Waals surface area contributed by atoms with E-state index in [0.29, 0.717) is 0 Å². The van der Waals surface area contributed by atoms with Crippen molar-refractivity contribution in [2.45, 2.75) is 26.8 Å². The third-order valence-corrected chi connectivity index (χ3v) is 4.98. The van der Waals surface area contributed by atoms with Crippen LogP contribution in [0.3, 0.4) is 0 Å². The molecule has 0 aliphatic carbocycles. The summed E-state index contributed by atoms with van der Waals surface area (Å²) in [7, 11) is 4.03. The molecule has 0 atom stereocenters. The number of hydrogen-bond acceptors (Lipinski definition) is 2. The molecule has 0 amide bonds. The van der Waals surface area contributed by atoms with Gasteiger partial charge >= 0.3 is 0 Å². The fourth-order valence-corrected chi connectivity index (χ4v) is 3.42. The summed E-state index contributed by atoms with van der Waals surface area (Å²) < 4.78 is 2.28. The summed E-state index contributed by atoms with van der Waals surface area (Å²) in [5.41, 5.74) is 6.76. The maximum atomic E-state index is 6.06. The lowest BCUT2D eigenvalue weighted by Crippen LogP contribution is -2.16. The first kappa shape index (κ1) is 19.2. The van der Waals surface area contributed by atoms with E-state index in [0.717, 1.165) is 40.9 Å². The number of aromatic nitrogens is 2. The maximum absolute atomic E-state index is 6.06. The third-order valence-electron chi connectivity index (χ3n) is 4.73. The van der Waals surface area contributed by atoms with Crippen LogP contribution >= 0.6 is 11.6 Å². The highest BCUT2D eigenvalue weighted by atomic mass is 35.5. The Bertz CT molecular complexity index is 952. The number of imidazole rings is 1. The summed E-state index contributed by atoms with van der Waals surface area (Å²) in [5.74, 6) is 1.05. The Labute approximate surface area is 166 Å². The van der Waals surface area contributed by atoms with Gasteiger partial charge in [0, 0.05) is 32.1 Å². The second-order valence-corrected chi connectivity index (χ2v) is 7.62. The molecule has 140 valence electrons. The Hall–Kier alpha value is -2.52. The van der Waals surface area contributed by atoms with Gasteiger partial charge < -0.3 is 9.47 Å². The lowest BCUT2D eigenvalue weighted by molar-refractivity contribution is 0.580. The molecule has 0 aliphatic heterocycles. The molecule has 27 heavy (non-hydrogen) atoms. The van der Waals surface area contributed by atoms with E-state index in [1.807, 2.05) is 31.1 Å². The molecule has 4 heteroatoms. The van der Waals surface area contributed by atoms with Crippen molar-refractivity contribution < 1.29 is 0 Å². The largest absolute Gasteiger partial charge is 0.376 e. The minimum atomic E-state index is 0.737. The molecular weight excluding hydrogens is 354 g/mol. The molecular formula is C23H26ClN3. The Morgan fingerprint density at radius 2 is 1.78 bits per heavy atom. The summed E-state index contributed by atoms with van der Waals surface area (Å²) in [6, 6.07) is 16.6. The average Bonchev–Trinajstić information content (AvgIpc) is 2.91. The Balaban J connectivity index is 2.05. The van der Waals surface area contributed by atoms with Crippen molar-refractivity contribution in [3.8, 4) is 0 Å². The van der Waals surface area contributed by atoms with Gasteiger partial charge in [0.1, 0.15) is 5.82 Å². The molecule has 3 nitrogen and oxygen atoms in total. The van der Waals surface area contributed by atoms with Crippen molar-refractivity contribution in [1.29, 1.82) is 0 Å². The summed E-state index contributed by atoms with van der Waals surface area (Å²) >= 11 is 6.06. The molecule has 0 fully saturated rings. The first-order chi connectivity index (χ1) is 12.8. The highest BCUT2D eigenvalue weighted by Crippen LogP contribution is 2.24. The first-order valence-corrected chi connectivity index (χ1v) is 9.45. The highest BCUT2D eigenvalue weighted by molar-refractivity contribution is 6.30. The van der Waals surface area contributed by atoms with Crippen LogP contribution in [0.1, 0.15) is 33.9 Å². The van der Waals surface area contributed by atoms with E-state index >= 15 is 0 Å². The van der Waals surface area contributed by atoms with Gasteiger partial charge in [-0.1, -0.05) is 60.1 Å². The van der Waals surface area contributed by atoms with Crippen molar-refractivity contribution in [2.75, 3.05) is 14.1 Å². The standard InChI is InChI=1S/C23H26ClN3/c1-16-7-6-8-20(13-16)14-22-25-17(2)23(18(3)26(4)5)27(22)15-19-9-11-21(24)12-10-19/h6-13H,3,14-15H2,1-2,4-5H3. The monoisotopic (exact) mass is 379 g/mol. The zero-order valence-corrected chi connectivity index (χ0v) is 17.2. The van der Waals surface area contributed by atoms with Crippen LogP contribution in [0.4, 0.5) is 0 Å². The lowest BCUT2D eigenvalue weighted by Gasteiger charge is -2.20. The Morgan fingerprint density at radius 3 is 2.41 bits per heavy atom. The van der Waals surface area contributed by atoms with Gasteiger partial charge in [0.2, 0.25) is 0 Å². The SMILES string of the molecule is C=C(c1c(C)nc(Cc2cccc(C)c2)n1Cc1ccc(Cl)cc1)N(C)C. The number of rotatable bonds is 6. The lowest BCUT2D eigenvalue weighted by atomic mass is 10.1. The summed E-state index contributed by atoms with van der Waals surface area (Å²) in [6.45, 7) is 9.19. The van der Waals surface area contributed by atoms with Gasteiger partial charge in [-0.15, -0.1) is 0 Å². The molecule has 0 spiro atoms. The molecule has 3 aromatic rings. The van der Waals surface area contributed by atoms with Gasteiger partial charge in [0.25, 0.3) is 0 Å². The topological polar surface area (TPSA) is 21.1 Å². The van der Waals surface area contributed by atoms with Gasteiger partial charge in [0.05, 0.1) is 17.1 Å². The molecule has 0 N–H and O–H groups in total. The summed E-state index contributed by atoms with van der Waals surface area (Å²) in [6.07, 6.45) is 0.789. The van der Waals surface area contributed by atoms with Gasteiger partial charge in [-0.3, -0.25) is 0 Å². The third kappa shape index (κ3) is 4.42. The van der Waals surface area contributed by atoms with Crippen LogP contribution in [0.5, 0.6) is 0 Å². The minimum Gasteiger partial charge on any atom is -0.376 e. The highest BCUT2D eigenvalue weighted by Gasteiger charge is 2.18. The van der Waals surface area contributed by atoms with Crippen LogP contribution in [0.2, 0.25) is 5.02 Å².